The maximum atomic E-state index is 14.8. The van der Waals surface area contributed by atoms with Crippen LogP contribution >= 0.6 is 23.4 Å². The zero-order chi connectivity index (χ0) is 30.9. The molecule has 0 aromatic heterocycles. The lowest BCUT2D eigenvalue weighted by Crippen LogP contribution is -2.58. The number of para-hydroxylation sites is 1. The summed E-state index contributed by atoms with van der Waals surface area (Å²) >= 11 is 8.20. The first kappa shape index (κ1) is 31.4. The fourth-order valence-electron chi connectivity index (χ4n) is 7.29. The van der Waals surface area contributed by atoms with Crippen molar-refractivity contribution in [1.29, 1.82) is 0 Å². The molecular weight excluding hydrogens is 582 g/mol. The van der Waals surface area contributed by atoms with E-state index in [2.05, 4.69) is 13.2 Å². The van der Waals surface area contributed by atoms with Gasteiger partial charge in [0.15, 0.2) is 0 Å². The molecular formula is C34H40ClN3O4S. The molecule has 3 aliphatic heterocycles. The van der Waals surface area contributed by atoms with Crippen LogP contribution in [0, 0.1) is 17.8 Å². The number of nitrogens with zero attached hydrogens (tertiary/aromatic N) is 3. The molecule has 3 saturated heterocycles. The minimum Gasteiger partial charge on any atom is -0.394 e. The first-order valence-electron chi connectivity index (χ1n) is 14.9. The number of aliphatic hydroxyl groups is 1. The van der Waals surface area contributed by atoms with Crippen LogP contribution in [0.15, 0.2) is 79.9 Å². The summed E-state index contributed by atoms with van der Waals surface area (Å²) < 4.78 is -0.797. The van der Waals surface area contributed by atoms with Gasteiger partial charge in [0.25, 0.3) is 5.91 Å². The van der Waals surface area contributed by atoms with E-state index in [1.807, 2.05) is 50.2 Å². The van der Waals surface area contributed by atoms with Gasteiger partial charge < -0.3 is 19.8 Å². The molecule has 228 valence electrons. The van der Waals surface area contributed by atoms with Gasteiger partial charge in [-0.3, -0.25) is 14.4 Å². The molecule has 2 aromatic carbocycles. The van der Waals surface area contributed by atoms with Crippen molar-refractivity contribution >= 4 is 46.8 Å². The van der Waals surface area contributed by atoms with E-state index in [-0.39, 0.29) is 42.0 Å². The number of benzene rings is 2. The highest BCUT2D eigenvalue weighted by atomic mass is 35.5. The van der Waals surface area contributed by atoms with Crippen LogP contribution < -0.4 is 4.90 Å². The number of likely N-dealkylation sites (tertiary alicyclic amines) is 1. The quantitative estimate of drug-likeness (QED) is 0.330. The van der Waals surface area contributed by atoms with Crippen molar-refractivity contribution in [2.45, 2.75) is 55.3 Å². The van der Waals surface area contributed by atoms with E-state index in [0.717, 1.165) is 12.0 Å². The normalized spacial score (nSPS) is 26.3. The fourth-order valence-corrected chi connectivity index (χ4v) is 9.72. The molecule has 3 amide bonds. The topological polar surface area (TPSA) is 81.2 Å². The van der Waals surface area contributed by atoms with Crippen LogP contribution in [0.25, 0.3) is 0 Å². The number of carbonyl (C=O) groups is 3. The summed E-state index contributed by atoms with van der Waals surface area (Å²) in [6, 6.07) is 15.5. The highest BCUT2D eigenvalue weighted by Gasteiger charge is 2.74. The van der Waals surface area contributed by atoms with E-state index >= 15 is 0 Å². The minimum absolute atomic E-state index is 0.0817. The third-order valence-electron chi connectivity index (χ3n) is 9.17. The van der Waals surface area contributed by atoms with E-state index in [9.17, 15) is 19.5 Å². The van der Waals surface area contributed by atoms with E-state index < -0.39 is 28.7 Å². The second-order valence-electron chi connectivity index (χ2n) is 12.0. The molecule has 5 rings (SSSR count). The highest BCUT2D eigenvalue weighted by Crippen LogP contribution is 2.67. The van der Waals surface area contributed by atoms with E-state index in [1.165, 1.54) is 0 Å². The van der Waals surface area contributed by atoms with Crippen LogP contribution in [-0.4, -0.2) is 74.4 Å². The summed E-state index contributed by atoms with van der Waals surface area (Å²) in [6.07, 6.45) is 4.72. The molecule has 3 fully saturated rings. The molecule has 3 aliphatic rings. The second-order valence-corrected chi connectivity index (χ2v) is 14.0. The van der Waals surface area contributed by atoms with Crippen molar-refractivity contribution in [3.05, 3.63) is 90.5 Å². The maximum Gasteiger partial charge on any atom is 0.251 e. The number of halogens is 1. The van der Waals surface area contributed by atoms with Crippen molar-refractivity contribution in [1.82, 2.24) is 9.80 Å². The van der Waals surface area contributed by atoms with Crippen LogP contribution in [0.3, 0.4) is 0 Å². The van der Waals surface area contributed by atoms with E-state index in [4.69, 9.17) is 11.6 Å². The van der Waals surface area contributed by atoms with Gasteiger partial charge >= 0.3 is 0 Å². The number of fused-ring (bicyclic) bond motifs is 1. The number of aliphatic hydroxyl groups excluding tert-OH is 1. The van der Waals surface area contributed by atoms with Crippen LogP contribution in [0.5, 0.6) is 0 Å². The Morgan fingerprint density at radius 2 is 1.77 bits per heavy atom. The number of rotatable bonds is 12. The molecule has 6 atom stereocenters. The maximum absolute atomic E-state index is 14.8. The van der Waals surface area contributed by atoms with Gasteiger partial charge in [0, 0.05) is 24.9 Å². The number of carbonyl (C=O) groups excluding carboxylic acids is 3. The van der Waals surface area contributed by atoms with Crippen LogP contribution in [-0.2, 0) is 20.9 Å². The van der Waals surface area contributed by atoms with Crippen molar-refractivity contribution < 1.29 is 19.5 Å². The largest absolute Gasteiger partial charge is 0.394 e. The minimum atomic E-state index is -0.865. The van der Waals surface area contributed by atoms with Gasteiger partial charge in [-0.2, -0.15) is 0 Å². The second kappa shape index (κ2) is 12.9. The lowest BCUT2D eigenvalue weighted by atomic mass is 9.70. The predicted molar refractivity (Wildman–Crippen MR) is 173 cm³/mol. The molecule has 1 spiro atoms. The zero-order valence-corrected chi connectivity index (χ0v) is 26.3. The average molecular weight is 622 g/mol. The third-order valence-corrected chi connectivity index (χ3v) is 11.4. The van der Waals surface area contributed by atoms with Crippen molar-refractivity contribution in [3.63, 3.8) is 0 Å². The van der Waals surface area contributed by atoms with Crippen molar-refractivity contribution in [2.24, 2.45) is 17.8 Å². The molecule has 0 aliphatic carbocycles. The Morgan fingerprint density at radius 1 is 1.09 bits per heavy atom. The lowest BCUT2D eigenvalue weighted by Gasteiger charge is -2.40. The van der Waals surface area contributed by atoms with E-state index in [0.29, 0.717) is 30.2 Å². The Hall–Kier alpha value is -3.07. The summed E-state index contributed by atoms with van der Waals surface area (Å²) in [5.74, 6) is -1.94. The number of amides is 3. The lowest BCUT2D eigenvalue weighted by molar-refractivity contribution is -0.146. The van der Waals surface area contributed by atoms with Gasteiger partial charge in [-0.25, -0.2) is 0 Å². The average Bonchev–Trinajstić information content (AvgIpc) is 3.64. The number of hydrogen-bond acceptors (Lipinski definition) is 5. The first-order chi connectivity index (χ1) is 20.7. The summed E-state index contributed by atoms with van der Waals surface area (Å²) in [6.45, 7) is 12.3. The molecule has 3 heterocycles. The summed E-state index contributed by atoms with van der Waals surface area (Å²) in [4.78, 5) is 48.8. The molecule has 43 heavy (non-hydrogen) atoms. The molecule has 2 unspecified atom stereocenters. The molecule has 0 saturated carbocycles. The smallest absolute Gasteiger partial charge is 0.251 e. The third kappa shape index (κ3) is 5.42. The van der Waals surface area contributed by atoms with E-state index in [1.54, 1.807) is 56.8 Å². The Bertz CT molecular complexity index is 1390. The Labute approximate surface area is 263 Å². The molecule has 7 nitrogen and oxygen atoms in total. The van der Waals surface area contributed by atoms with Crippen LogP contribution in [0.4, 0.5) is 5.69 Å². The van der Waals surface area contributed by atoms with Gasteiger partial charge in [-0.1, -0.05) is 80.1 Å². The van der Waals surface area contributed by atoms with Gasteiger partial charge in [0.1, 0.15) is 6.04 Å². The molecule has 0 radical (unpaired) electrons. The summed E-state index contributed by atoms with van der Waals surface area (Å²) in [5.41, 5.74) is 1.53. The Morgan fingerprint density at radius 3 is 2.40 bits per heavy atom. The molecule has 9 heteroatoms. The SMILES string of the molecule is C=CCN(Cc1ccccc1)C(=O)[C@@H]1[C@@H]2CCC3(S2)C(C(=O)N(CC=C)c2ccccc2Cl)N([C@@H](CO)C(C)C)C(=O)[C@H]13. The van der Waals surface area contributed by atoms with Crippen molar-refractivity contribution in [2.75, 3.05) is 24.6 Å². The van der Waals surface area contributed by atoms with Gasteiger partial charge in [0.2, 0.25) is 11.8 Å². The van der Waals surface area contributed by atoms with Gasteiger partial charge in [0.05, 0.1) is 39.9 Å². The van der Waals surface area contributed by atoms with Gasteiger partial charge in [-0.05, 0) is 36.5 Å². The standard InChI is InChI=1S/C34H40ClN3O4S/c1-5-18-36(20-23-12-8-7-9-13-23)31(40)28-27-16-17-34(43-27)29(28)32(41)38(26(21-39)22(3)4)30(34)33(42)37(19-6-2)25-15-11-10-14-24(25)35/h5-15,22,26-30,39H,1-2,16-21H2,3-4H3/t26-,27-,28+,29-,30?,34?/m0/s1. The number of thioether (sulfide) groups is 1. The molecule has 2 bridgehead atoms. The highest BCUT2D eigenvalue weighted by molar-refractivity contribution is 8.02. The summed E-state index contributed by atoms with van der Waals surface area (Å²) in [5, 5.41) is 10.9. The van der Waals surface area contributed by atoms with Crippen LogP contribution in [0.2, 0.25) is 5.02 Å². The van der Waals surface area contributed by atoms with Crippen molar-refractivity contribution in [3.8, 4) is 0 Å². The first-order valence-corrected chi connectivity index (χ1v) is 16.2. The Kier molecular flexibility index (Phi) is 9.40. The predicted octanol–water partition coefficient (Wildman–Crippen LogP) is 5.18. The molecule has 1 N–H and O–H groups in total. The summed E-state index contributed by atoms with van der Waals surface area (Å²) in [7, 11) is 0. The van der Waals surface area contributed by atoms with Gasteiger partial charge in [-0.15, -0.1) is 24.9 Å². The molecule has 2 aromatic rings. The number of hydrogen-bond donors (Lipinski definition) is 1. The Balaban J connectivity index is 1.58. The monoisotopic (exact) mass is 621 g/mol. The fraction of sp³-hybridized carbons (Fsp3) is 0.441. The zero-order valence-electron chi connectivity index (χ0n) is 24.8. The number of anilines is 1. The van der Waals surface area contributed by atoms with Crippen LogP contribution in [0.1, 0.15) is 32.3 Å².